The zero-order valence-corrected chi connectivity index (χ0v) is 11.0. The first-order valence-electron chi connectivity index (χ1n) is 5.83. The van der Waals surface area contributed by atoms with E-state index in [0.29, 0.717) is 0 Å². The molecule has 1 amide bonds. The molecule has 1 saturated heterocycles. The van der Waals surface area contributed by atoms with Crippen molar-refractivity contribution in [2.75, 3.05) is 5.43 Å². The summed E-state index contributed by atoms with van der Waals surface area (Å²) in [4.78, 5) is 11.8. The molecular formula is C13H18N2O3. The second-order valence-electron chi connectivity index (χ2n) is 5.16. The summed E-state index contributed by atoms with van der Waals surface area (Å²) in [6.07, 6.45) is -0.590. The molecule has 1 heterocycles. The Morgan fingerprint density at radius 2 is 1.89 bits per heavy atom. The van der Waals surface area contributed by atoms with E-state index in [4.69, 9.17) is 4.74 Å². The lowest BCUT2D eigenvalue weighted by Gasteiger charge is -2.35. The van der Waals surface area contributed by atoms with Gasteiger partial charge in [0.05, 0.1) is 5.69 Å². The Balaban J connectivity index is 2.30. The van der Waals surface area contributed by atoms with Crippen LogP contribution in [0.1, 0.15) is 26.3 Å². The molecule has 1 fully saturated rings. The molecule has 0 aliphatic carbocycles. The molecule has 1 atom stereocenters. The van der Waals surface area contributed by atoms with Gasteiger partial charge in [-0.25, -0.2) is 4.79 Å². The van der Waals surface area contributed by atoms with E-state index in [-0.39, 0.29) is 0 Å². The van der Waals surface area contributed by atoms with Crippen LogP contribution in [0.5, 0.6) is 0 Å². The lowest BCUT2D eigenvalue weighted by atomic mass is 9.97. The van der Waals surface area contributed by atoms with E-state index in [1.807, 2.05) is 31.2 Å². The molecule has 1 aliphatic rings. The van der Waals surface area contributed by atoms with E-state index in [1.165, 1.54) is 0 Å². The lowest BCUT2D eigenvalue weighted by molar-refractivity contribution is -0.121. The number of amides is 1. The predicted molar refractivity (Wildman–Crippen MR) is 67.8 cm³/mol. The van der Waals surface area contributed by atoms with Crippen LogP contribution < -0.4 is 5.43 Å². The van der Waals surface area contributed by atoms with E-state index in [0.717, 1.165) is 16.3 Å². The highest BCUT2D eigenvalue weighted by Crippen LogP contribution is 2.37. The number of carbonyl (C=O) groups excluding carboxylic acids is 1. The number of rotatable bonds is 2. The predicted octanol–water partition coefficient (Wildman–Crippen LogP) is 2.26. The van der Waals surface area contributed by atoms with Crippen molar-refractivity contribution in [1.82, 2.24) is 5.01 Å². The zero-order chi connectivity index (χ0) is 13.6. The number of cyclic esters (lactones) is 1. The Bertz CT molecular complexity index is 483. The highest BCUT2D eigenvalue weighted by atomic mass is 16.6. The fourth-order valence-electron chi connectivity index (χ4n) is 1.78. The first-order chi connectivity index (χ1) is 8.25. The average molecular weight is 250 g/mol. The van der Waals surface area contributed by atoms with Crippen LogP contribution in [-0.2, 0) is 4.74 Å². The number of nitrogens with zero attached hydrogens (tertiary/aromatic N) is 1. The highest BCUT2D eigenvalue weighted by Gasteiger charge is 2.57. The van der Waals surface area contributed by atoms with Crippen LogP contribution in [0.3, 0.4) is 0 Å². The molecule has 0 radical (unpaired) electrons. The van der Waals surface area contributed by atoms with Gasteiger partial charge in [0.1, 0.15) is 0 Å². The minimum absolute atomic E-state index is 0.590. The smallest absolute Gasteiger partial charge is 0.432 e. The lowest BCUT2D eigenvalue weighted by Crippen LogP contribution is -2.55. The summed E-state index contributed by atoms with van der Waals surface area (Å²) in [7, 11) is 0. The number of aryl methyl sites for hydroxylation is 1. The summed E-state index contributed by atoms with van der Waals surface area (Å²) in [5.41, 5.74) is 2.25. The fourth-order valence-corrected chi connectivity index (χ4v) is 1.78. The molecule has 1 aliphatic heterocycles. The molecular weight excluding hydrogens is 232 g/mol. The van der Waals surface area contributed by atoms with Crippen LogP contribution in [0, 0.1) is 6.92 Å². The number of benzene rings is 1. The van der Waals surface area contributed by atoms with Gasteiger partial charge in [0.25, 0.3) is 0 Å². The van der Waals surface area contributed by atoms with E-state index >= 15 is 0 Å². The standard InChI is InChI=1S/C13H18N2O3/c1-9-7-5-6-8-10(9)14-15-11(16)18-12(2,3)13(15,4)17/h5-8,14,17H,1-4H3/t13-/m1/s1. The third kappa shape index (κ3) is 1.80. The fraction of sp³-hybridized carbons (Fsp3) is 0.462. The van der Waals surface area contributed by atoms with E-state index in [1.54, 1.807) is 20.8 Å². The summed E-state index contributed by atoms with van der Waals surface area (Å²) < 4.78 is 5.16. The maximum absolute atomic E-state index is 11.8. The number of carbonyl (C=O) groups is 1. The van der Waals surface area contributed by atoms with E-state index < -0.39 is 17.4 Å². The van der Waals surface area contributed by atoms with Crippen molar-refractivity contribution in [2.24, 2.45) is 0 Å². The summed E-state index contributed by atoms with van der Waals surface area (Å²) in [6.45, 7) is 6.81. The summed E-state index contributed by atoms with van der Waals surface area (Å²) in [5, 5.41) is 11.5. The molecule has 2 N–H and O–H groups in total. The maximum atomic E-state index is 11.8. The van der Waals surface area contributed by atoms with Gasteiger partial charge in [-0.05, 0) is 39.3 Å². The van der Waals surface area contributed by atoms with Gasteiger partial charge < -0.3 is 9.84 Å². The number of hydrazine groups is 1. The molecule has 1 aromatic rings. The number of para-hydroxylation sites is 1. The molecule has 1 aromatic carbocycles. The number of hydrogen-bond acceptors (Lipinski definition) is 4. The van der Waals surface area contributed by atoms with Crippen molar-refractivity contribution in [1.29, 1.82) is 0 Å². The summed E-state index contributed by atoms with van der Waals surface area (Å²) in [5.74, 6) is 0. The maximum Gasteiger partial charge on any atom is 0.432 e. The second-order valence-corrected chi connectivity index (χ2v) is 5.16. The van der Waals surface area contributed by atoms with Crippen LogP contribution in [0.15, 0.2) is 24.3 Å². The Labute approximate surface area is 106 Å². The van der Waals surface area contributed by atoms with Crippen molar-refractivity contribution in [3.05, 3.63) is 29.8 Å². The topological polar surface area (TPSA) is 61.8 Å². The van der Waals surface area contributed by atoms with Crippen LogP contribution in [0.4, 0.5) is 10.5 Å². The van der Waals surface area contributed by atoms with Gasteiger partial charge in [-0.15, -0.1) is 0 Å². The SMILES string of the molecule is Cc1ccccc1NN1C(=O)OC(C)(C)[C@@]1(C)O. The molecule has 5 nitrogen and oxygen atoms in total. The molecule has 0 unspecified atom stereocenters. The number of anilines is 1. The second kappa shape index (κ2) is 3.88. The Morgan fingerprint density at radius 3 is 2.39 bits per heavy atom. The largest absolute Gasteiger partial charge is 0.437 e. The number of aliphatic hydroxyl groups is 1. The Morgan fingerprint density at radius 1 is 1.28 bits per heavy atom. The van der Waals surface area contributed by atoms with Gasteiger partial charge >= 0.3 is 6.09 Å². The third-order valence-electron chi connectivity index (χ3n) is 3.48. The molecule has 5 heteroatoms. The van der Waals surface area contributed by atoms with Gasteiger partial charge in [-0.1, -0.05) is 18.2 Å². The molecule has 18 heavy (non-hydrogen) atoms. The zero-order valence-electron chi connectivity index (χ0n) is 11.0. The number of hydrogen-bond donors (Lipinski definition) is 2. The molecule has 0 spiro atoms. The number of ether oxygens (including phenoxy) is 1. The third-order valence-corrected chi connectivity index (χ3v) is 3.48. The molecule has 0 saturated carbocycles. The van der Waals surface area contributed by atoms with Crippen LogP contribution >= 0.6 is 0 Å². The van der Waals surface area contributed by atoms with E-state index in [9.17, 15) is 9.90 Å². The van der Waals surface area contributed by atoms with Crippen molar-refractivity contribution in [3.63, 3.8) is 0 Å². The summed E-state index contributed by atoms with van der Waals surface area (Å²) in [6, 6.07) is 7.52. The van der Waals surface area contributed by atoms with Crippen molar-refractivity contribution >= 4 is 11.8 Å². The average Bonchev–Trinajstić information content (AvgIpc) is 2.40. The van der Waals surface area contributed by atoms with Gasteiger partial charge in [0, 0.05) is 0 Å². The molecule has 0 bridgehead atoms. The Hall–Kier alpha value is -1.75. The van der Waals surface area contributed by atoms with Crippen molar-refractivity contribution < 1.29 is 14.6 Å². The minimum atomic E-state index is -1.42. The van der Waals surface area contributed by atoms with Gasteiger partial charge in [0.2, 0.25) is 0 Å². The van der Waals surface area contributed by atoms with Crippen molar-refractivity contribution in [2.45, 2.75) is 39.0 Å². The Kier molecular flexibility index (Phi) is 2.74. The summed E-state index contributed by atoms with van der Waals surface area (Å²) >= 11 is 0. The normalized spacial score (nSPS) is 26.1. The molecule has 2 rings (SSSR count). The van der Waals surface area contributed by atoms with E-state index in [2.05, 4.69) is 5.43 Å². The quantitative estimate of drug-likeness (QED) is 0.845. The van der Waals surface area contributed by atoms with Crippen molar-refractivity contribution in [3.8, 4) is 0 Å². The molecule has 0 aromatic heterocycles. The van der Waals surface area contributed by atoms with Crippen LogP contribution in [-0.4, -0.2) is 27.5 Å². The first-order valence-corrected chi connectivity index (χ1v) is 5.83. The molecule has 98 valence electrons. The van der Waals surface area contributed by atoms with Crippen LogP contribution in [0.2, 0.25) is 0 Å². The van der Waals surface area contributed by atoms with Gasteiger partial charge in [-0.2, -0.15) is 5.01 Å². The monoisotopic (exact) mass is 250 g/mol. The number of nitrogens with one attached hydrogen (secondary N) is 1. The van der Waals surface area contributed by atoms with Gasteiger partial charge in [0.15, 0.2) is 11.3 Å². The first kappa shape index (κ1) is 12.7. The minimum Gasteiger partial charge on any atom is -0.437 e. The van der Waals surface area contributed by atoms with Gasteiger partial charge in [-0.3, -0.25) is 5.43 Å². The highest BCUT2D eigenvalue weighted by molar-refractivity contribution is 5.74. The van der Waals surface area contributed by atoms with Crippen LogP contribution in [0.25, 0.3) is 0 Å².